The number of anilines is 1. The summed E-state index contributed by atoms with van der Waals surface area (Å²) < 4.78 is 5.03. The number of pyridine rings is 1. The highest BCUT2D eigenvalue weighted by Gasteiger charge is 1.99. The third-order valence-corrected chi connectivity index (χ3v) is 3.44. The molecule has 6 heteroatoms. The Morgan fingerprint density at radius 2 is 2.00 bits per heavy atom. The Balaban J connectivity index is 1.76. The van der Waals surface area contributed by atoms with Crippen LogP contribution in [-0.4, -0.2) is 50.8 Å². The first kappa shape index (κ1) is 18.0. The lowest BCUT2D eigenvalue weighted by Crippen LogP contribution is -2.39. The molecule has 3 N–H and O–H groups in total. The van der Waals surface area contributed by atoms with Crippen LogP contribution < -0.4 is 16.0 Å². The third-order valence-electron chi connectivity index (χ3n) is 3.44. The lowest BCUT2D eigenvalue weighted by molar-refractivity contribution is 0.197. The van der Waals surface area contributed by atoms with Crippen LogP contribution in [0.4, 0.5) is 5.82 Å². The molecule has 2 rings (SSSR count). The highest BCUT2D eigenvalue weighted by Crippen LogP contribution is 2.13. The van der Waals surface area contributed by atoms with Crippen molar-refractivity contribution in [3.63, 3.8) is 0 Å². The van der Waals surface area contributed by atoms with Crippen molar-refractivity contribution in [2.75, 3.05) is 45.2 Å². The van der Waals surface area contributed by atoms with Gasteiger partial charge in [0.1, 0.15) is 5.82 Å². The number of fused-ring (bicyclic) bond motifs is 1. The fourth-order valence-corrected chi connectivity index (χ4v) is 2.28. The van der Waals surface area contributed by atoms with E-state index in [9.17, 15) is 0 Å². The van der Waals surface area contributed by atoms with Gasteiger partial charge in [-0.3, -0.25) is 4.99 Å². The first-order valence-corrected chi connectivity index (χ1v) is 8.44. The summed E-state index contributed by atoms with van der Waals surface area (Å²) in [5.74, 6) is 1.72. The molecule has 0 saturated carbocycles. The number of para-hydroxylation sites is 1. The fraction of sp³-hybridized carbons (Fsp3) is 0.444. The molecule has 0 atom stereocenters. The maximum absolute atomic E-state index is 5.03. The molecule has 0 saturated heterocycles. The number of rotatable bonds is 9. The highest BCUT2D eigenvalue weighted by molar-refractivity contribution is 5.80. The normalized spacial score (nSPS) is 11.5. The van der Waals surface area contributed by atoms with Crippen LogP contribution in [-0.2, 0) is 4.74 Å². The summed E-state index contributed by atoms with van der Waals surface area (Å²) in [5.41, 5.74) is 1.00. The monoisotopic (exact) mass is 329 g/mol. The second-order valence-corrected chi connectivity index (χ2v) is 5.35. The Kier molecular flexibility index (Phi) is 7.83. The Labute approximate surface area is 143 Å². The van der Waals surface area contributed by atoms with Gasteiger partial charge >= 0.3 is 0 Å². The standard InChI is InChI=1S/C18H27N5O/c1-3-19-18(21-11-6-14-24-2)22-13-12-20-17-10-9-15-7-4-5-8-16(15)23-17/h4-5,7-10H,3,6,11-14H2,1-2H3,(H,20,23)(H2,19,21,22). The van der Waals surface area contributed by atoms with Crippen molar-refractivity contribution in [3.05, 3.63) is 36.4 Å². The second-order valence-electron chi connectivity index (χ2n) is 5.35. The quantitative estimate of drug-likeness (QED) is 0.374. The van der Waals surface area contributed by atoms with Crippen LogP contribution in [0.3, 0.4) is 0 Å². The van der Waals surface area contributed by atoms with Gasteiger partial charge in [-0.25, -0.2) is 4.98 Å². The zero-order chi connectivity index (χ0) is 17.0. The number of hydrogen-bond donors (Lipinski definition) is 3. The van der Waals surface area contributed by atoms with E-state index in [2.05, 4.69) is 45.0 Å². The summed E-state index contributed by atoms with van der Waals surface area (Å²) >= 11 is 0. The Hall–Kier alpha value is -2.34. The van der Waals surface area contributed by atoms with Gasteiger partial charge in [0.05, 0.1) is 5.52 Å². The first-order valence-electron chi connectivity index (χ1n) is 8.44. The molecule has 1 aromatic carbocycles. The van der Waals surface area contributed by atoms with Crippen LogP contribution in [0.25, 0.3) is 10.9 Å². The van der Waals surface area contributed by atoms with Crippen LogP contribution in [0.1, 0.15) is 13.3 Å². The molecule has 0 radical (unpaired) electrons. The average molecular weight is 329 g/mol. The van der Waals surface area contributed by atoms with Crippen molar-refractivity contribution in [1.82, 2.24) is 15.6 Å². The molecule has 0 fully saturated rings. The van der Waals surface area contributed by atoms with Crippen LogP contribution in [0.15, 0.2) is 41.4 Å². The van der Waals surface area contributed by atoms with E-state index in [1.54, 1.807) is 7.11 Å². The zero-order valence-electron chi connectivity index (χ0n) is 14.5. The molecule has 0 bridgehead atoms. The number of nitrogens with zero attached hydrogens (tertiary/aromatic N) is 2. The van der Waals surface area contributed by atoms with Crippen molar-refractivity contribution in [2.24, 2.45) is 4.99 Å². The van der Waals surface area contributed by atoms with Gasteiger partial charge in [-0.15, -0.1) is 0 Å². The van der Waals surface area contributed by atoms with Gasteiger partial charge in [-0.2, -0.15) is 0 Å². The zero-order valence-corrected chi connectivity index (χ0v) is 14.5. The molecule has 24 heavy (non-hydrogen) atoms. The van der Waals surface area contributed by atoms with Crippen molar-refractivity contribution < 1.29 is 4.74 Å². The predicted molar refractivity (Wildman–Crippen MR) is 101 cm³/mol. The van der Waals surface area contributed by atoms with Crippen molar-refractivity contribution >= 4 is 22.7 Å². The van der Waals surface area contributed by atoms with Crippen LogP contribution >= 0.6 is 0 Å². The number of aromatic nitrogens is 1. The van der Waals surface area contributed by atoms with Gasteiger partial charge in [-0.05, 0) is 31.5 Å². The summed E-state index contributed by atoms with van der Waals surface area (Å²) in [6.07, 6.45) is 0.923. The van der Waals surface area contributed by atoms with Gasteiger partial charge in [0.15, 0.2) is 5.96 Å². The second kappa shape index (κ2) is 10.4. The Morgan fingerprint density at radius 3 is 2.83 bits per heavy atom. The molecule has 0 aliphatic carbocycles. The number of hydrogen-bond acceptors (Lipinski definition) is 4. The molecule has 0 unspecified atom stereocenters. The molecule has 1 heterocycles. The lowest BCUT2D eigenvalue weighted by atomic mass is 10.2. The topological polar surface area (TPSA) is 70.6 Å². The fourth-order valence-electron chi connectivity index (χ4n) is 2.28. The smallest absolute Gasteiger partial charge is 0.191 e. The average Bonchev–Trinajstić information content (AvgIpc) is 2.62. The number of guanidine groups is 1. The van der Waals surface area contributed by atoms with Gasteiger partial charge in [0, 0.05) is 45.3 Å². The first-order chi connectivity index (χ1) is 11.8. The SMILES string of the molecule is CCNC(=NCCCOC)NCCNc1ccc2ccccc2n1. The molecular weight excluding hydrogens is 302 g/mol. The van der Waals surface area contributed by atoms with E-state index in [-0.39, 0.29) is 0 Å². The molecule has 1 aromatic heterocycles. The molecule has 0 aliphatic heterocycles. The van der Waals surface area contributed by atoms with Gasteiger partial charge in [0.25, 0.3) is 0 Å². The third kappa shape index (κ3) is 6.04. The molecule has 0 amide bonds. The minimum Gasteiger partial charge on any atom is -0.385 e. The van der Waals surface area contributed by atoms with Crippen LogP contribution in [0.2, 0.25) is 0 Å². The van der Waals surface area contributed by atoms with E-state index in [0.717, 1.165) is 61.9 Å². The molecule has 0 spiro atoms. The molecule has 6 nitrogen and oxygen atoms in total. The van der Waals surface area contributed by atoms with Crippen molar-refractivity contribution in [1.29, 1.82) is 0 Å². The molecular formula is C18H27N5O. The summed E-state index contributed by atoms with van der Waals surface area (Å²) in [6, 6.07) is 12.2. The van der Waals surface area contributed by atoms with E-state index < -0.39 is 0 Å². The molecule has 0 aliphatic rings. The van der Waals surface area contributed by atoms with E-state index in [0.29, 0.717) is 0 Å². The molecule has 2 aromatic rings. The summed E-state index contributed by atoms with van der Waals surface area (Å²) in [4.78, 5) is 9.11. The number of nitrogens with one attached hydrogen (secondary N) is 3. The minimum absolute atomic E-state index is 0.734. The number of benzene rings is 1. The summed E-state index contributed by atoms with van der Waals surface area (Å²) in [5, 5.41) is 11.0. The predicted octanol–water partition coefficient (Wildman–Crippen LogP) is 2.24. The Morgan fingerprint density at radius 1 is 1.12 bits per heavy atom. The van der Waals surface area contributed by atoms with Crippen LogP contribution in [0.5, 0.6) is 0 Å². The van der Waals surface area contributed by atoms with E-state index >= 15 is 0 Å². The summed E-state index contributed by atoms with van der Waals surface area (Å²) in [6.45, 7) is 5.93. The number of methoxy groups -OCH3 is 1. The molecule has 130 valence electrons. The largest absolute Gasteiger partial charge is 0.385 e. The number of aliphatic imine (C=N–C) groups is 1. The van der Waals surface area contributed by atoms with E-state index in [1.165, 1.54) is 0 Å². The highest BCUT2D eigenvalue weighted by atomic mass is 16.5. The van der Waals surface area contributed by atoms with E-state index in [4.69, 9.17) is 4.74 Å². The minimum atomic E-state index is 0.734. The van der Waals surface area contributed by atoms with Crippen molar-refractivity contribution in [3.8, 4) is 0 Å². The number of ether oxygens (including phenoxy) is 1. The summed E-state index contributed by atoms with van der Waals surface area (Å²) in [7, 11) is 1.71. The van der Waals surface area contributed by atoms with Gasteiger partial charge < -0.3 is 20.7 Å². The maximum Gasteiger partial charge on any atom is 0.191 e. The Bertz CT molecular complexity index is 644. The van der Waals surface area contributed by atoms with Gasteiger partial charge in [0.2, 0.25) is 0 Å². The maximum atomic E-state index is 5.03. The lowest BCUT2D eigenvalue weighted by Gasteiger charge is -2.12. The van der Waals surface area contributed by atoms with Crippen LogP contribution in [0, 0.1) is 0 Å². The van der Waals surface area contributed by atoms with Crippen molar-refractivity contribution in [2.45, 2.75) is 13.3 Å². The van der Waals surface area contributed by atoms with E-state index in [1.807, 2.05) is 24.3 Å². The van der Waals surface area contributed by atoms with Gasteiger partial charge in [-0.1, -0.05) is 18.2 Å².